The molecule has 0 aromatic rings. The Balaban J connectivity index is 2.33. The van der Waals surface area contributed by atoms with Gasteiger partial charge in [-0.05, 0) is 25.8 Å². The van der Waals surface area contributed by atoms with Gasteiger partial charge >= 0.3 is 6.09 Å². The molecule has 18 heavy (non-hydrogen) atoms. The van der Waals surface area contributed by atoms with Gasteiger partial charge in [-0.2, -0.15) is 0 Å². The van der Waals surface area contributed by atoms with Crippen molar-refractivity contribution in [1.29, 1.82) is 0 Å². The molecule has 1 heterocycles. The zero-order chi connectivity index (χ0) is 13.6. The van der Waals surface area contributed by atoms with Crippen molar-refractivity contribution in [2.45, 2.75) is 18.6 Å². The fourth-order valence-electron chi connectivity index (χ4n) is 1.01. The number of rotatable bonds is 5. The number of thioether (sulfide) groups is 2. The summed E-state index contributed by atoms with van der Waals surface area (Å²) in [7, 11) is 1.67. The zero-order valence-electron chi connectivity index (χ0n) is 10.6. The van der Waals surface area contributed by atoms with Crippen LogP contribution in [0.1, 0.15) is 13.8 Å². The van der Waals surface area contributed by atoms with E-state index in [9.17, 15) is 4.79 Å². The van der Waals surface area contributed by atoms with Crippen LogP contribution >= 0.6 is 47.1 Å². The lowest BCUT2D eigenvalue weighted by Crippen LogP contribution is -2.32. The fraction of sp³-hybridized carbons (Fsp3) is 0.700. The van der Waals surface area contributed by atoms with Gasteiger partial charge in [-0.25, -0.2) is 10.3 Å². The van der Waals surface area contributed by atoms with Crippen molar-refractivity contribution >= 4 is 53.2 Å². The minimum absolute atomic E-state index is 0.204. The smallest absolute Gasteiger partial charge is 0.323 e. The van der Waals surface area contributed by atoms with Crippen molar-refractivity contribution in [3.8, 4) is 0 Å². The van der Waals surface area contributed by atoms with Crippen LogP contribution < -0.4 is 5.48 Å². The van der Waals surface area contributed by atoms with E-state index in [1.165, 1.54) is 16.3 Å². The molecule has 104 valence electrons. The van der Waals surface area contributed by atoms with Crippen molar-refractivity contribution in [3.63, 3.8) is 0 Å². The summed E-state index contributed by atoms with van der Waals surface area (Å²) >= 11 is 10.5. The Morgan fingerprint density at radius 3 is 2.94 bits per heavy atom. The van der Waals surface area contributed by atoms with E-state index in [0.717, 1.165) is 16.5 Å². The van der Waals surface area contributed by atoms with Gasteiger partial charge < -0.3 is 4.84 Å². The molecule has 4 nitrogen and oxygen atoms in total. The van der Waals surface area contributed by atoms with Crippen molar-refractivity contribution < 1.29 is 9.63 Å². The minimum atomic E-state index is -0.435. The first kappa shape index (κ1) is 16.2. The lowest BCUT2D eigenvalue weighted by atomic mass is 10.2. The predicted molar refractivity (Wildman–Crippen MR) is 82.8 cm³/mol. The second-order valence-electron chi connectivity index (χ2n) is 4.15. The molecule has 0 saturated heterocycles. The lowest BCUT2D eigenvalue weighted by Gasteiger charge is -2.26. The summed E-state index contributed by atoms with van der Waals surface area (Å²) in [6.45, 7) is 3.94. The van der Waals surface area contributed by atoms with Crippen molar-refractivity contribution in [1.82, 2.24) is 9.79 Å². The highest BCUT2D eigenvalue weighted by molar-refractivity contribution is 8.09. The van der Waals surface area contributed by atoms with Crippen LogP contribution in [-0.2, 0) is 4.84 Å². The first-order chi connectivity index (χ1) is 8.44. The van der Waals surface area contributed by atoms with Crippen molar-refractivity contribution in [2.75, 3.05) is 24.4 Å². The van der Waals surface area contributed by atoms with Crippen molar-refractivity contribution in [2.24, 2.45) is 0 Å². The minimum Gasteiger partial charge on any atom is -0.323 e. The molecular formula is C10H17ClN2O2S3. The quantitative estimate of drug-likeness (QED) is 0.473. The maximum absolute atomic E-state index is 11.7. The van der Waals surface area contributed by atoms with Gasteiger partial charge in [0.05, 0.1) is 0 Å². The van der Waals surface area contributed by atoms with Crippen LogP contribution in [0.15, 0.2) is 10.4 Å². The molecule has 1 aliphatic rings. The number of amides is 1. The Kier molecular flexibility index (Phi) is 6.90. The van der Waals surface area contributed by atoms with Crippen LogP contribution in [0.3, 0.4) is 0 Å². The zero-order valence-corrected chi connectivity index (χ0v) is 13.8. The van der Waals surface area contributed by atoms with Crippen LogP contribution in [0.4, 0.5) is 4.79 Å². The number of nitrogens with one attached hydrogen (secondary N) is 1. The summed E-state index contributed by atoms with van der Waals surface area (Å²) in [5.74, 6) is 2.56. The molecule has 0 aliphatic carbocycles. The monoisotopic (exact) mass is 328 g/mol. The molecular weight excluding hydrogens is 312 g/mol. The van der Waals surface area contributed by atoms with Crippen LogP contribution in [0.2, 0.25) is 0 Å². The molecule has 0 aromatic carbocycles. The SMILES string of the molecule is CN(SC(C)(C)CCl)C(=O)ONC1=CSCCS1. The van der Waals surface area contributed by atoms with Crippen LogP contribution in [0.5, 0.6) is 0 Å². The van der Waals surface area contributed by atoms with E-state index >= 15 is 0 Å². The highest BCUT2D eigenvalue weighted by Crippen LogP contribution is 2.29. The molecule has 1 aliphatic heterocycles. The molecule has 8 heteroatoms. The summed E-state index contributed by atoms with van der Waals surface area (Å²) in [5, 5.41) is 2.83. The van der Waals surface area contributed by atoms with E-state index in [1.54, 1.807) is 30.6 Å². The molecule has 0 radical (unpaired) electrons. The lowest BCUT2D eigenvalue weighted by molar-refractivity contribution is 0.0970. The number of nitrogens with zero attached hydrogens (tertiary/aromatic N) is 1. The third-order valence-electron chi connectivity index (χ3n) is 1.85. The predicted octanol–water partition coefficient (Wildman–Crippen LogP) is 3.50. The standard InChI is InChI=1S/C10H17ClN2O2S3/c1-10(2,7-11)18-13(3)9(14)15-12-8-6-16-4-5-17-8/h6,12H,4-5,7H2,1-3H3. The molecule has 0 spiro atoms. The Morgan fingerprint density at radius 1 is 1.67 bits per heavy atom. The molecule has 0 fully saturated rings. The maximum Gasteiger partial charge on any atom is 0.443 e. The summed E-state index contributed by atoms with van der Waals surface area (Å²) in [4.78, 5) is 16.7. The first-order valence-electron chi connectivity index (χ1n) is 5.35. The van der Waals surface area contributed by atoms with Gasteiger partial charge in [-0.15, -0.1) is 35.1 Å². The normalized spacial score (nSPS) is 15.9. The van der Waals surface area contributed by atoms with E-state index in [4.69, 9.17) is 16.4 Å². The summed E-state index contributed by atoms with van der Waals surface area (Å²) in [5.41, 5.74) is 2.67. The molecule has 1 rings (SSSR count). The van der Waals surface area contributed by atoms with Crippen LogP contribution in [0, 0.1) is 0 Å². The first-order valence-corrected chi connectivity index (χ1v) is 8.69. The van der Waals surface area contributed by atoms with E-state index in [1.807, 2.05) is 19.3 Å². The Bertz CT molecular complexity index is 326. The molecule has 1 amide bonds. The summed E-state index contributed by atoms with van der Waals surface area (Å²) in [6, 6.07) is 0. The maximum atomic E-state index is 11.7. The van der Waals surface area contributed by atoms with Gasteiger partial charge in [-0.3, -0.25) is 4.31 Å². The van der Waals surface area contributed by atoms with Gasteiger partial charge in [0.25, 0.3) is 0 Å². The van der Waals surface area contributed by atoms with Gasteiger partial charge in [-0.1, -0.05) is 0 Å². The number of hydrogen-bond acceptors (Lipinski definition) is 6. The van der Waals surface area contributed by atoms with Crippen LogP contribution in [0.25, 0.3) is 0 Å². The molecule has 0 atom stereocenters. The molecule has 0 saturated carbocycles. The average molecular weight is 329 g/mol. The molecule has 0 unspecified atom stereocenters. The Hall–Kier alpha value is 0.150. The second-order valence-corrected chi connectivity index (χ2v) is 8.37. The fourth-order valence-corrected chi connectivity index (χ4v) is 3.89. The number of hydroxylamine groups is 1. The number of halogens is 1. The highest BCUT2D eigenvalue weighted by atomic mass is 35.5. The molecule has 1 N–H and O–H groups in total. The van der Waals surface area contributed by atoms with Crippen LogP contribution in [-0.4, -0.2) is 39.6 Å². The van der Waals surface area contributed by atoms with Gasteiger partial charge in [0.15, 0.2) is 0 Å². The van der Waals surface area contributed by atoms with Gasteiger partial charge in [0.2, 0.25) is 0 Å². The summed E-state index contributed by atoms with van der Waals surface area (Å²) < 4.78 is 1.24. The molecule has 0 bridgehead atoms. The van der Waals surface area contributed by atoms with Gasteiger partial charge in [0.1, 0.15) is 5.03 Å². The number of carbonyl (C=O) groups is 1. The van der Waals surface area contributed by atoms with E-state index in [-0.39, 0.29) is 4.75 Å². The summed E-state index contributed by atoms with van der Waals surface area (Å²) in [6.07, 6.45) is -0.435. The van der Waals surface area contributed by atoms with Crippen molar-refractivity contribution in [3.05, 3.63) is 10.4 Å². The second kappa shape index (κ2) is 7.67. The average Bonchev–Trinajstić information content (AvgIpc) is 2.36. The van der Waals surface area contributed by atoms with E-state index in [0.29, 0.717) is 5.88 Å². The van der Waals surface area contributed by atoms with E-state index < -0.39 is 6.09 Å². The number of alkyl halides is 1. The highest BCUT2D eigenvalue weighted by Gasteiger charge is 2.24. The number of hydrogen-bond donors (Lipinski definition) is 1. The Labute approximate surface area is 126 Å². The number of carbonyl (C=O) groups excluding carboxylic acids is 1. The third kappa shape index (κ3) is 5.86. The van der Waals surface area contributed by atoms with E-state index in [2.05, 4.69) is 5.48 Å². The molecule has 0 aromatic heterocycles. The Morgan fingerprint density at radius 2 is 2.39 bits per heavy atom. The third-order valence-corrected chi connectivity index (χ3v) is 5.91. The topological polar surface area (TPSA) is 41.6 Å². The van der Waals surface area contributed by atoms with Gasteiger partial charge in [0, 0.05) is 34.6 Å². The largest absolute Gasteiger partial charge is 0.443 e.